The Balaban J connectivity index is 2.18. The lowest BCUT2D eigenvalue weighted by atomic mass is 9.73. The van der Waals surface area contributed by atoms with Gasteiger partial charge in [0.1, 0.15) is 0 Å². The molecular formula is C45H68BClN2. The monoisotopic (exact) mass is 683 g/mol. The van der Waals surface area contributed by atoms with Gasteiger partial charge in [0.2, 0.25) is 0 Å². The largest absolute Gasteiger partial charge is 0.450 e. The number of benzene rings is 3. The van der Waals surface area contributed by atoms with Crippen molar-refractivity contribution in [3.8, 4) is 22.3 Å². The number of para-hydroxylation sites is 1. The molecule has 1 heterocycles. The molecule has 3 aromatic rings. The summed E-state index contributed by atoms with van der Waals surface area (Å²) >= 11 is 7.74. The summed E-state index contributed by atoms with van der Waals surface area (Å²) in [6.45, 7) is 37.6. The molecule has 4 heteroatoms. The van der Waals surface area contributed by atoms with E-state index in [2.05, 4.69) is 163 Å². The topological polar surface area (TPSA) is 15.3 Å². The second kappa shape index (κ2) is 15.2. The van der Waals surface area contributed by atoms with Crippen molar-refractivity contribution in [2.24, 2.45) is 0 Å². The average Bonchev–Trinajstić information content (AvgIpc) is 2.98. The molecule has 0 radical (unpaired) electrons. The zero-order valence-electron chi connectivity index (χ0n) is 34.0. The van der Waals surface area contributed by atoms with Crippen LogP contribution in [0.1, 0.15) is 199 Å². The average molecular weight is 683 g/mol. The van der Waals surface area contributed by atoms with Gasteiger partial charge in [-0.3, -0.25) is 4.81 Å². The molecule has 1 aliphatic rings. The summed E-state index contributed by atoms with van der Waals surface area (Å²) in [7, 11) is 0. The number of hydrogen-bond donors (Lipinski definition) is 1. The van der Waals surface area contributed by atoms with Gasteiger partial charge in [-0.25, -0.2) is 0 Å². The molecule has 0 atom stereocenters. The molecule has 0 bridgehead atoms. The third kappa shape index (κ3) is 8.15. The fourth-order valence-electron chi connectivity index (χ4n) is 8.47. The van der Waals surface area contributed by atoms with E-state index >= 15 is 0 Å². The van der Waals surface area contributed by atoms with Crippen LogP contribution in [0, 0.1) is 0 Å². The molecule has 0 amide bonds. The first-order valence-electron chi connectivity index (χ1n) is 19.4. The van der Waals surface area contributed by atoms with Crippen molar-refractivity contribution in [3.63, 3.8) is 0 Å². The van der Waals surface area contributed by atoms with Crippen LogP contribution in [0.5, 0.6) is 0 Å². The summed E-state index contributed by atoms with van der Waals surface area (Å²) in [6.07, 6.45) is 3.10. The van der Waals surface area contributed by atoms with Crippen LogP contribution < -0.4 is 5.23 Å². The smallest absolute Gasteiger partial charge is 0.400 e. The lowest BCUT2D eigenvalue weighted by Crippen LogP contribution is -2.65. The highest BCUT2D eigenvalue weighted by Crippen LogP contribution is 2.49. The molecule has 3 aromatic carbocycles. The van der Waals surface area contributed by atoms with Crippen LogP contribution in [-0.4, -0.2) is 22.3 Å². The Kier molecular flexibility index (Phi) is 12.2. The maximum absolute atomic E-state index is 7.74. The summed E-state index contributed by atoms with van der Waals surface area (Å²) in [5.74, 6) is 2.42. The Morgan fingerprint density at radius 3 is 1.18 bits per heavy atom. The second-order valence-corrected chi connectivity index (χ2v) is 18.5. The van der Waals surface area contributed by atoms with Gasteiger partial charge in [0.25, 0.3) is 0 Å². The first-order chi connectivity index (χ1) is 22.7. The lowest BCUT2D eigenvalue weighted by molar-refractivity contribution is 0.0522. The van der Waals surface area contributed by atoms with Gasteiger partial charge in [-0.2, -0.15) is 0 Å². The molecule has 1 N–H and O–H groups in total. The van der Waals surface area contributed by atoms with E-state index < -0.39 is 0 Å². The van der Waals surface area contributed by atoms with E-state index in [1.807, 2.05) is 0 Å². The summed E-state index contributed by atoms with van der Waals surface area (Å²) < 4.78 is 0. The van der Waals surface area contributed by atoms with Gasteiger partial charge in [0, 0.05) is 27.9 Å². The fourth-order valence-corrected chi connectivity index (χ4v) is 9.11. The summed E-state index contributed by atoms with van der Waals surface area (Å²) in [6, 6.07) is 16.9. The van der Waals surface area contributed by atoms with E-state index in [0.717, 1.165) is 18.5 Å². The second-order valence-electron chi connectivity index (χ2n) is 18.1. The molecule has 0 aromatic heterocycles. The molecule has 49 heavy (non-hydrogen) atoms. The predicted molar refractivity (Wildman–Crippen MR) is 221 cm³/mol. The molecule has 2 nitrogen and oxygen atoms in total. The number of halogens is 1. The van der Waals surface area contributed by atoms with Crippen molar-refractivity contribution in [3.05, 3.63) is 75.8 Å². The highest BCUT2D eigenvalue weighted by Gasteiger charge is 2.47. The van der Waals surface area contributed by atoms with Crippen molar-refractivity contribution in [1.82, 2.24) is 4.81 Å². The van der Waals surface area contributed by atoms with Crippen LogP contribution in [0.4, 0.5) is 5.69 Å². The Morgan fingerprint density at radius 2 is 0.898 bits per heavy atom. The molecular weight excluding hydrogens is 615 g/mol. The van der Waals surface area contributed by atoms with Crippen LogP contribution >= 0.6 is 11.5 Å². The number of anilines is 1. The van der Waals surface area contributed by atoms with Gasteiger partial charge in [-0.1, -0.05) is 126 Å². The summed E-state index contributed by atoms with van der Waals surface area (Å²) in [5.41, 5.74) is 14.9. The van der Waals surface area contributed by atoms with Crippen LogP contribution in [0.2, 0.25) is 0 Å². The standard InChI is InChI=1S/C45H68BClN2/c1-27(2)33-23-37(29(5)6)41(38(24-33)30(7)8)35-19-17-20-36(42-39(31(9)10)25-34(28(3)4)26-40(42)32(11)12)43(35)48-46(47)49-44(13,14)21-18-22-45(49,15)16/h17,19-20,23-32,48H,18,21-22H2,1-16H3. The minimum atomic E-state index is -0.384. The molecule has 0 aliphatic carbocycles. The molecule has 1 aliphatic heterocycles. The summed E-state index contributed by atoms with van der Waals surface area (Å²) in [4.78, 5) is 2.55. The van der Waals surface area contributed by atoms with E-state index in [1.165, 1.54) is 62.1 Å². The zero-order valence-corrected chi connectivity index (χ0v) is 34.8. The molecule has 1 saturated heterocycles. The van der Waals surface area contributed by atoms with E-state index in [-0.39, 0.29) is 17.5 Å². The third-order valence-electron chi connectivity index (χ3n) is 11.2. The quantitative estimate of drug-likeness (QED) is 0.203. The fraction of sp³-hybridized carbons (Fsp3) is 0.600. The minimum absolute atomic E-state index is 0.0352. The van der Waals surface area contributed by atoms with Crippen molar-refractivity contribution in [1.29, 1.82) is 0 Å². The number of nitrogens with zero attached hydrogens (tertiary/aromatic N) is 1. The molecule has 4 rings (SSSR count). The Morgan fingerprint density at radius 1 is 0.571 bits per heavy atom. The van der Waals surface area contributed by atoms with Crippen molar-refractivity contribution < 1.29 is 0 Å². The summed E-state index contributed by atoms with van der Waals surface area (Å²) in [5, 5.41) is 4.09. The van der Waals surface area contributed by atoms with Crippen LogP contribution in [-0.2, 0) is 0 Å². The van der Waals surface area contributed by atoms with Gasteiger partial charge in [-0.15, -0.1) is 11.5 Å². The number of rotatable bonds is 11. The maximum atomic E-state index is 7.74. The van der Waals surface area contributed by atoms with Crippen LogP contribution in [0.15, 0.2) is 42.5 Å². The molecule has 1 fully saturated rings. The maximum Gasteiger partial charge on any atom is 0.450 e. The van der Waals surface area contributed by atoms with Crippen molar-refractivity contribution >= 4 is 23.5 Å². The van der Waals surface area contributed by atoms with Gasteiger partial charge in [-0.05, 0) is 127 Å². The van der Waals surface area contributed by atoms with Crippen LogP contribution in [0.25, 0.3) is 22.3 Å². The molecule has 0 saturated carbocycles. The van der Waals surface area contributed by atoms with Crippen molar-refractivity contribution in [2.75, 3.05) is 5.23 Å². The number of hydrogen-bond acceptors (Lipinski definition) is 2. The zero-order chi connectivity index (χ0) is 36.7. The van der Waals surface area contributed by atoms with E-state index in [1.54, 1.807) is 0 Å². The third-order valence-corrected chi connectivity index (χ3v) is 11.5. The number of nitrogens with one attached hydrogen (secondary N) is 1. The predicted octanol–water partition coefficient (Wildman–Crippen LogP) is 14.4. The first kappa shape index (κ1) is 39.6. The molecule has 268 valence electrons. The van der Waals surface area contributed by atoms with Gasteiger partial charge in [0.05, 0.1) is 0 Å². The minimum Gasteiger partial charge on any atom is -0.400 e. The Labute approximate surface area is 307 Å². The van der Waals surface area contributed by atoms with E-state index in [0.29, 0.717) is 35.5 Å². The lowest BCUT2D eigenvalue weighted by Gasteiger charge is -2.54. The Bertz CT molecular complexity index is 1440. The van der Waals surface area contributed by atoms with E-state index in [4.69, 9.17) is 11.5 Å². The van der Waals surface area contributed by atoms with Gasteiger partial charge >= 0.3 is 6.40 Å². The highest BCUT2D eigenvalue weighted by atomic mass is 35.5. The number of piperidine rings is 1. The highest BCUT2D eigenvalue weighted by molar-refractivity contribution is 7.07. The Hall–Kier alpha value is -2.23. The van der Waals surface area contributed by atoms with Gasteiger partial charge in [0.15, 0.2) is 0 Å². The van der Waals surface area contributed by atoms with Crippen molar-refractivity contribution in [2.45, 2.75) is 177 Å². The molecule has 0 unspecified atom stereocenters. The van der Waals surface area contributed by atoms with Crippen LogP contribution in [0.3, 0.4) is 0 Å². The SMILES string of the molecule is CC(C)c1cc(C(C)C)c(-c2cccc(-c3c(C(C)C)cc(C(C)C)cc3C(C)C)c2NB(Cl)N2C(C)(C)CCCC2(C)C)c(C(C)C)c1. The molecule has 0 spiro atoms. The van der Waals surface area contributed by atoms with E-state index in [9.17, 15) is 0 Å². The first-order valence-corrected chi connectivity index (χ1v) is 19.8. The van der Waals surface area contributed by atoms with Gasteiger partial charge < -0.3 is 5.23 Å². The normalized spacial score (nSPS) is 16.6.